The van der Waals surface area contributed by atoms with Gasteiger partial charge in [0.1, 0.15) is 5.56 Å². The molecule has 80 valence electrons. The maximum atomic E-state index is 11.0. The zero-order valence-electron chi connectivity index (χ0n) is 8.17. The molecule has 0 saturated carbocycles. The topological polar surface area (TPSA) is 96.5 Å². The first-order valence-electron chi connectivity index (χ1n) is 4.33. The van der Waals surface area contributed by atoms with Crippen molar-refractivity contribution in [1.82, 2.24) is 4.98 Å². The van der Waals surface area contributed by atoms with Crippen LogP contribution in [0.25, 0.3) is 0 Å². The van der Waals surface area contributed by atoms with Crippen LogP contribution < -0.4 is 10.6 Å². The molecule has 0 aliphatic carbocycles. The van der Waals surface area contributed by atoms with Gasteiger partial charge in [-0.25, -0.2) is 14.6 Å². The number of hydrogen-bond donors (Lipinski definition) is 2. The van der Waals surface area contributed by atoms with Crippen LogP contribution in [-0.4, -0.2) is 28.6 Å². The van der Waals surface area contributed by atoms with E-state index >= 15 is 0 Å². The minimum absolute atomic E-state index is 0.0434. The molecule has 1 rings (SSSR count). The Hall–Kier alpha value is -2.11. The highest BCUT2D eigenvalue weighted by Gasteiger charge is 2.19. The molecule has 1 aromatic rings. The van der Waals surface area contributed by atoms with E-state index in [4.69, 9.17) is 10.8 Å². The summed E-state index contributed by atoms with van der Waals surface area (Å²) in [7, 11) is 0. The van der Waals surface area contributed by atoms with Crippen LogP contribution in [0.4, 0.5) is 10.6 Å². The second-order valence-electron chi connectivity index (χ2n) is 2.76. The summed E-state index contributed by atoms with van der Waals surface area (Å²) in [5.74, 6) is -1.07. The van der Waals surface area contributed by atoms with Gasteiger partial charge in [-0.3, -0.25) is 4.90 Å². The fourth-order valence-electron chi connectivity index (χ4n) is 1.19. The molecular formula is C9H11N3O3. The van der Waals surface area contributed by atoms with Crippen molar-refractivity contribution < 1.29 is 14.7 Å². The van der Waals surface area contributed by atoms with Crippen molar-refractivity contribution in [3.63, 3.8) is 0 Å². The van der Waals surface area contributed by atoms with Gasteiger partial charge in [0, 0.05) is 12.7 Å². The number of rotatable bonds is 3. The maximum Gasteiger partial charge on any atom is 0.339 e. The molecule has 0 saturated heterocycles. The molecule has 0 atom stereocenters. The average molecular weight is 209 g/mol. The van der Waals surface area contributed by atoms with E-state index in [1.165, 1.54) is 18.3 Å². The predicted octanol–water partition coefficient (Wildman–Crippen LogP) is 0.685. The Morgan fingerprint density at radius 2 is 2.27 bits per heavy atom. The van der Waals surface area contributed by atoms with Crippen LogP contribution >= 0.6 is 0 Å². The Morgan fingerprint density at radius 3 is 2.73 bits per heavy atom. The normalized spacial score (nSPS) is 9.67. The van der Waals surface area contributed by atoms with Crippen molar-refractivity contribution >= 4 is 17.8 Å². The van der Waals surface area contributed by atoms with Gasteiger partial charge in [-0.2, -0.15) is 0 Å². The summed E-state index contributed by atoms with van der Waals surface area (Å²) in [5.41, 5.74) is 5.06. The molecule has 0 radical (unpaired) electrons. The Labute approximate surface area is 86.3 Å². The van der Waals surface area contributed by atoms with Gasteiger partial charge in [-0.05, 0) is 19.1 Å². The lowest BCUT2D eigenvalue weighted by Crippen LogP contribution is -2.37. The second-order valence-corrected chi connectivity index (χ2v) is 2.76. The summed E-state index contributed by atoms with van der Waals surface area (Å²) in [6.45, 7) is 1.96. The molecule has 0 fully saturated rings. The first-order valence-corrected chi connectivity index (χ1v) is 4.33. The van der Waals surface area contributed by atoms with E-state index in [1.54, 1.807) is 6.92 Å². The number of aromatic nitrogens is 1. The van der Waals surface area contributed by atoms with Gasteiger partial charge in [0.15, 0.2) is 5.82 Å². The molecule has 0 aromatic carbocycles. The number of pyridine rings is 1. The van der Waals surface area contributed by atoms with Crippen molar-refractivity contribution in [1.29, 1.82) is 0 Å². The highest BCUT2D eigenvalue weighted by molar-refractivity contribution is 5.99. The molecule has 0 bridgehead atoms. The number of carboxylic acids is 1. The van der Waals surface area contributed by atoms with E-state index < -0.39 is 12.0 Å². The van der Waals surface area contributed by atoms with Gasteiger partial charge in [0.25, 0.3) is 0 Å². The van der Waals surface area contributed by atoms with Crippen LogP contribution in [0.5, 0.6) is 0 Å². The Balaban J connectivity index is 3.22. The summed E-state index contributed by atoms with van der Waals surface area (Å²) in [6.07, 6.45) is 1.41. The lowest BCUT2D eigenvalue weighted by atomic mass is 10.2. The number of nitrogens with two attached hydrogens (primary N) is 1. The summed E-state index contributed by atoms with van der Waals surface area (Å²) >= 11 is 0. The maximum absolute atomic E-state index is 11.0. The number of aromatic carboxylic acids is 1. The van der Waals surface area contributed by atoms with E-state index in [0.717, 1.165) is 4.90 Å². The number of primary amides is 1. The van der Waals surface area contributed by atoms with Crippen LogP contribution in [0.15, 0.2) is 18.3 Å². The standard InChI is InChI=1S/C9H11N3O3/c1-2-12(9(10)15)7-6(8(13)14)4-3-5-11-7/h3-5H,2H2,1H3,(H2,10,15)(H,13,14). The first-order chi connectivity index (χ1) is 7.07. The molecule has 15 heavy (non-hydrogen) atoms. The average Bonchev–Trinajstić information content (AvgIpc) is 2.18. The minimum atomic E-state index is -1.14. The van der Waals surface area contributed by atoms with Crippen molar-refractivity contribution in [2.24, 2.45) is 5.73 Å². The van der Waals surface area contributed by atoms with E-state index in [-0.39, 0.29) is 17.9 Å². The van der Waals surface area contributed by atoms with Gasteiger partial charge >= 0.3 is 12.0 Å². The molecule has 6 nitrogen and oxygen atoms in total. The molecule has 0 aliphatic rings. The monoisotopic (exact) mass is 209 g/mol. The van der Waals surface area contributed by atoms with Gasteiger partial charge in [-0.1, -0.05) is 0 Å². The summed E-state index contributed by atoms with van der Waals surface area (Å²) in [6, 6.07) is 2.14. The lowest BCUT2D eigenvalue weighted by Gasteiger charge is -2.18. The number of anilines is 1. The number of carboxylic acid groups (broad SMARTS) is 1. The molecule has 6 heteroatoms. The highest BCUT2D eigenvalue weighted by Crippen LogP contribution is 2.16. The van der Waals surface area contributed by atoms with Crippen molar-refractivity contribution in [2.45, 2.75) is 6.92 Å². The number of urea groups is 1. The van der Waals surface area contributed by atoms with Crippen LogP contribution in [0.3, 0.4) is 0 Å². The summed E-state index contributed by atoms with van der Waals surface area (Å²) in [5, 5.41) is 8.87. The number of carbonyl (C=O) groups is 2. The highest BCUT2D eigenvalue weighted by atomic mass is 16.4. The molecule has 0 aliphatic heterocycles. The van der Waals surface area contributed by atoms with Crippen LogP contribution in [-0.2, 0) is 0 Å². The molecule has 0 unspecified atom stereocenters. The Morgan fingerprint density at radius 1 is 1.60 bits per heavy atom. The minimum Gasteiger partial charge on any atom is -0.478 e. The van der Waals surface area contributed by atoms with Crippen molar-refractivity contribution in [2.75, 3.05) is 11.4 Å². The van der Waals surface area contributed by atoms with E-state index in [2.05, 4.69) is 4.98 Å². The van der Waals surface area contributed by atoms with E-state index in [9.17, 15) is 9.59 Å². The molecule has 2 amide bonds. The van der Waals surface area contributed by atoms with Crippen LogP contribution in [0.1, 0.15) is 17.3 Å². The van der Waals surface area contributed by atoms with Gasteiger partial charge < -0.3 is 10.8 Å². The quantitative estimate of drug-likeness (QED) is 0.765. The number of amides is 2. The van der Waals surface area contributed by atoms with Gasteiger partial charge in [0.2, 0.25) is 0 Å². The molecule has 0 spiro atoms. The predicted molar refractivity (Wildman–Crippen MR) is 53.8 cm³/mol. The van der Waals surface area contributed by atoms with Crippen LogP contribution in [0, 0.1) is 0 Å². The Kier molecular flexibility index (Phi) is 3.22. The molecule has 3 N–H and O–H groups in total. The van der Waals surface area contributed by atoms with Gasteiger partial charge in [-0.15, -0.1) is 0 Å². The summed E-state index contributed by atoms with van der Waals surface area (Å²) in [4.78, 5) is 26.8. The van der Waals surface area contributed by atoms with Crippen molar-refractivity contribution in [3.8, 4) is 0 Å². The third kappa shape index (κ3) is 2.22. The first kappa shape index (κ1) is 11.0. The largest absolute Gasteiger partial charge is 0.478 e. The second kappa shape index (κ2) is 4.41. The SMILES string of the molecule is CCN(C(N)=O)c1ncccc1C(=O)O. The van der Waals surface area contributed by atoms with E-state index in [1.807, 2.05) is 0 Å². The molecular weight excluding hydrogens is 198 g/mol. The van der Waals surface area contributed by atoms with Gasteiger partial charge in [0.05, 0.1) is 0 Å². The number of hydrogen-bond acceptors (Lipinski definition) is 3. The van der Waals surface area contributed by atoms with Crippen molar-refractivity contribution in [3.05, 3.63) is 23.9 Å². The smallest absolute Gasteiger partial charge is 0.339 e. The molecule has 1 heterocycles. The fourth-order valence-corrected chi connectivity index (χ4v) is 1.19. The third-order valence-corrected chi connectivity index (χ3v) is 1.86. The van der Waals surface area contributed by atoms with Crippen LogP contribution in [0.2, 0.25) is 0 Å². The number of nitrogens with zero attached hydrogens (tertiary/aromatic N) is 2. The fraction of sp³-hybridized carbons (Fsp3) is 0.222. The summed E-state index contributed by atoms with van der Waals surface area (Å²) < 4.78 is 0. The van der Waals surface area contributed by atoms with E-state index in [0.29, 0.717) is 0 Å². The zero-order chi connectivity index (χ0) is 11.4. The Bertz CT molecular complexity index is 392. The number of carbonyl (C=O) groups excluding carboxylic acids is 1. The molecule has 1 aromatic heterocycles. The lowest BCUT2D eigenvalue weighted by molar-refractivity contribution is 0.0697. The zero-order valence-corrected chi connectivity index (χ0v) is 8.17. The third-order valence-electron chi connectivity index (χ3n) is 1.86.